The standard InChI is InChI=1S/C28H22N2S2/c31-27-24-16-8-10-18-26(24)30(20-22-13-5-2-6-14-22)28(32)23-15-7-9-17-25(23)29(27)19-21-11-3-1-4-12-21/h1-18H,19-20H2. The molecular formula is C28H22N2S2. The lowest BCUT2D eigenvalue weighted by atomic mass is 10.0. The van der Waals surface area contributed by atoms with Gasteiger partial charge < -0.3 is 9.80 Å². The molecule has 0 amide bonds. The quantitative estimate of drug-likeness (QED) is 0.317. The fraction of sp³-hybridized carbons (Fsp3) is 0.0714. The van der Waals surface area contributed by atoms with Crippen molar-refractivity contribution in [3.8, 4) is 0 Å². The van der Waals surface area contributed by atoms with Crippen LogP contribution >= 0.6 is 24.4 Å². The number of para-hydroxylation sites is 2. The Bertz CT molecular complexity index is 1170. The topological polar surface area (TPSA) is 6.48 Å². The molecule has 0 saturated heterocycles. The van der Waals surface area contributed by atoms with Gasteiger partial charge in [0.25, 0.3) is 0 Å². The fourth-order valence-corrected chi connectivity index (χ4v) is 4.81. The zero-order valence-corrected chi connectivity index (χ0v) is 19.2. The number of rotatable bonds is 4. The van der Waals surface area contributed by atoms with Gasteiger partial charge in [0.15, 0.2) is 0 Å². The molecular weight excluding hydrogens is 428 g/mol. The molecule has 1 heterocycles. The average molecular weight is 451 g/mol. The van der Waals surface area contributed by atoms with Gasteiger partial charge in [0.05, 0.1) is 11.4 Å². The molecule has 0 aromatic heterocycles. The fourth-order valence-electron chi connectivity index (χ4n) is 4.14. The van der Waals surface area contributed by atoms with Crippen LogP contribution in [-0.2, 0) is 13.1 Å². The first-order chi connectivity index (χ1) is 15.7. The molecule has 2 nitrogen and oxygen atoms in total. The highest BCUT2D eigenvalue weighted by Crippen LogP contribution is 2.35. The first-order valence-corrected chi connectivity index (χ1v) is 11.4. The van der Waals surface area contributed by atoms with Crippen molar-refractivity contribution >= 4 is 45.8 Å². The van der Waals surface area contributed by atoms with E-state index in [1.807, 2.05) is 24.3 Å². The molecule has 0 radical (unpaired) electrons. The van der Waals surface area contributed by atoms with Crippen LogP contribution in [0.1, 0.15) is 22.3 Å². The zero-order valence-electron chi connectivity index (χ0n) is 17.5. The average Bonchev–Trinajstić information content (AvgIpc) is 2.86. The number of benzene rings is 4. The van der Waals surface area contributed by atoms with E-state index < -0.39 is 0 Å². The Kier molecular flexibility index (Phi) is 5.80. The predicted octanol–water partition coefficient (Wildman–Crippen LogP) is 6.76. The van der Waals surface area contributed by atoms with Crippen LogP contribution in [-0.4, -0.2) is 9.98 Å². The lowest BCUT2D eigenvalue weighted by Gasteiger charge is -2.36. The second kappa shape index (κ2) is 9.03. The van der Waals surface area contributed by atoms with E-state index in [-0.39, 0.29) is 0 Å². The van der Waals surface area contributed by atoms with E-state index in [0.29, 0.717) is 13.1 Å². The van der Waals surface area contributed by atoms with Crippen LogP contribution in [0.3, 0.4) is 0 Å². The zero-order chi connectivity index (χ0) is 21.9. The number of hydrogen-bond donors (Lipinski definition) is 0. The van der Waals surface area contributed by atoms with Gasteiger partial charge in [-0.15, -0.1) is 0 Å². The first kappa shape index (κ1) is 20.6. The van der Waals surface area contributed by atoms with Crippen LogP contribution in [0.4, 0.5) is 11.4 Å². The van der Waals surface area contributed by atoms with Gasteiger partial charge in [0, 0.05) is 24.2 Å². The Balaban J connectivity index is 1.66. The van der Waals surface area contributed by atoms with Crippen molar-refractivity contribution in [2.75, 3.05) is 9.80 Å². The number of hydrogen-bond acceptors (Lipinski definition) is 2. The number of nitrogens with zero attached hydrogens (tertiary/aromatic N) is 2. The molecule has 5 rings (SSSR count). The maximum atomic E-state index is 6.12. The van der Waals surface area contributed by atoms with Crippen molar-refractivity contribution in [2.24, 2.45) is 0 Å². The summed E-state index contributed by atoms with van der Waals surface area (Å²) >= 11 is 12.2. The van der Waals surface area contributed by atoms with Crippen molar-refractivity contribution in [1.82, 2.24) is 0 Å². The molecule has 0 aliphatic carbocycles. The summed E-state index contributed by atoms with van der Waals surface area (Å²) in [6.07, 6.45) is 0. The van der Waals surface area contributed by atoms with E-state index in [0.717, 1.165) is 32.5 Å². The molecule has 1 aliphatic heterocycles. The van der Waals surface area contributed by atoms with Crippen molar-refractivity contribution in [3.05, 3.63) is 131 Å². The lowest BCUT2D eigenvalue weighted by molar-refractivity contribution is 0.985. The molecule has 0 atom stereocenters. The van der Waals surface area contributed by atoms with Crippen molar-refractivity contribution in [2.45, 2.75) is 13.1 Å². The normalized spacial score (nSPS) is 13.2. The molecule has 4 aromatic rings. The van der Waals surface area contributed by atoms with E-state index in [2.05, 4.69) is 94.7 Å². The van der Waals surface area contributed by atoms with Crippen LogP contribution in [0.15, 0.2) is 109 Å². The summed E-state index contributed by atoms with van der Waals surface area (Å²) in [6.45, 7) is 1.37. The van der Waals surface area contributed by atoms with E-state index in [1.165, 1.54) is 11.1 Å². The van der Waals surface area contributed by atoms with Crippen molar-refractivity contribution in [1.29, 1.82) is 0 Å². The Labute approximate surface area is 199 Å². The van der Waals surface area contributed by atoms with E-state index >= 15 is 0 Å². The minimum absolute atomic E-state index is 0.687. The first-order valence-electron chi connectivity index (χ1n) is 10.6. The molecule has 32 heavy (non-hydrogen) atoms. The number of anilines is 2. The summed E-state index contributed by atoms with van der Waals surface area (Å²) in [5.74, 6) is 0. The third-order valence-electron chi connectivity index (χ3n) is 5.71. The van der Waals surface area contributed by atoms with Gasteiger partial charge in [-0.1, -0.05) is 109 Å². The summed E-state index contributed by atoms with van der Waals surface area (Å²) in [4.78, 5) is 6.03. The highest BCUT2D eigenvalue weighted by molar-refractivity contribution is 7.81. The molecule has 4 aromatic carbocycles. The second-order valence-electron chi connectivity index (χ2n) is 7.79. The molecule has 0 bridgehead atoms. The molecule has 156 valence electrons. The Morgan fingerprint density at radius 1 is 0.438 bits per heavy atom. The van der Waals surface area contributed by atoms with Gasteiger partial charge in [-0.25, -0.2) is 0 Å². The largest absolute Gasteiger partial charge is 0.327 e. The monoisotopic (exact) mass is 450 g/mol. The van der Waals surface area contributed by atoms with Crippen LogP contribution in [0.2, 0.25) is 0 Å². The Morgan fingerprint density at radius 2 is 0.781 bits per heavy atom. The van der Waals surface area contributed by atoms with Gasteiger partial charge in [-0.05, 0) is 35.4 Å². The van der Waals surface area contributed by atoms with Crippen molar-refractivity contribution in [3.63, 3.8) is 0 Å². The van der Waals surface area contributed by atoms with Crippen LogP contribution in [0.5, 0.6) is 0 Å². The summed E-state index contributed by atoms with van der Waals surface area (Å²) in [5.41, 5.74) is 6.53. The predicted molar refractivity (Wildman–Crippen MR) is 142 cm³/mol. The molecule has 0 fully saturated rings. The smallest absolute Gasteiger partial charge is 0.116 e. The van der Waals surface area contributed by atoms with Crippen LogP contribution in [0, 0.1) is 0 Å². The molecule has 0 N–H and O–H groups in total. The van der Waals surface area contributed by atoms with Gasteiger partial charge in [0.2, 0.25) is 0 Å². The highest BCUT2D eigenvalue weighted by Gasteiger charge is 2.28. The van der Waals surface area contributed by atoms with Gasteiger partial charge >= 0.3 is 0 Å². The Hall–Kier alpha value is -3.34. The Morgan fingerprint density at radius 3 is 1.19 bits per heavy atom. The molecule has 4 heteroatoms. The number of fused-ring (bicyclic) bond motifs is 2. The minimum Gasteiger partial charge on any atom is -0.327 e. The van der Waals surface area contributed by atoms with Gasteiger partial charge in [-0.3, -0.25) is 0 Å². The maximum Gasteiger partial charge on any atom is 0.116 e. The SMILES string of the molecule is S=C1c2ccccc2N(Cc2ccccc2)C(=S)c2ccccc2N1Cc1ccccc1. The van der Waals surface area contributed by atoms with E-state index in [1.54, 1.807) is 0 Å². The summed E-state index contributed by atoms with van der Waals surface area (Å²) in [7, 11) is 0. The van der Waals surface area contributed by atoms with Gasteiger partial charge in [0.1, 0.15) is 9.98 Å². The molecule has 0 saturated carbocycles. The maximum absolute atomic E-state index is 6.12. The second-order valence-corrected chi connectivity index (χ2v) is 8.56. The van der Waals surface area contributed by atoms with Crippen molar-refractivity contribution < 1.29 is 0 Å². The third kappa shape index (κ3) is 3.95. The molecule has 0 unspecified atom stereocenters. The number of thiocarbonyl (C=S) groups is 2. The van der Waals surface area contributed by atoms with E-state index in [4.69, 9.17) is 24.4 Å². The van der Waals surface area contributed by atoms with Crippen LogP contribution < -0.4 is 9.80 Å². The highest BCUT2D eigenvalue weighted by atomic mass is 32.1. The molecule has 0 spiro atoms. The minimum atomic E-state index is 0.687. The van der Waals surface area contributed by atoms with Crippen LogP contribution in [0.25, 0.3) is 0 Å². The molecule has 1 aliphatic rings. The summed E-state index contributed by atoms with van der Waals surface area (Å²) < 4.78 is 0. The summed E-state index contributed by atoms with van der Waals surface area (Å²) in [6, 6.07) is 37.5. The summed E-state index contributed by atoms with van der Waals surface area (Å²) in [5, 5.41) is 0. The lowest BCUT2D eigenvalue weighted by Crippen LogP contribution is -2.39. The third-order valence-corrected chi connectivity index (χ3v) is 6.59. The van der Waals surface area contributed by atoms with E-state index in [9.17, 15) is 0 Å². The van der Waals surface area contributed by atoms with Gasteiger partial charge in [-0.2, -0.15) is 0 Å².